The van der Waals surface area contributed by atoms with E-state index in [1.54, 1.807) is 18.2 Å². The van der Waals surface area contributed by atoms with Gasteiger partial charge in [0.15, 0.2) is 11.5 Å². The van der Waals surface area contributed by atoms with Gasteiger partial charge in [0.05, 0.1) is 13.2 Å². The second-order valence-electron chi connectivity index (χ2n) is 5.94. The molecule has 6 nitrogen and oxygen atoms in total. The van der Waals surface area contributed by atoms with E-state index in [-0.39, 0.29) is 5.92 Å². The van der Waals surface area contributed by atoms with E-state index >= 15 is 0 Å². The topological polar surface area (TPSA) is 84.9 Å². The van der Waals surface area contributed by atoms with Gasteiger partial charge in [-0.05, 0) is 43.9 Å². The number of nitrogens with one attached hydrogen (secondary N) is 1. The lowest BCUT2D eigenvalue weighted by Crippen LogP contribution is -2.41. The molecular weight excluding hydrogens is 310 g/mol. The maximum atomic E-state index is 12.4. The number of carboxylic acid groups (broad SMARTS) is 1. The quantitative estimate of drug-likeness (QED) is 0.685. The molecule has 0 aromatic heterocycles. The van der Waals surface area contributed by atoms with Crippen LogP contribution in [0.1, 0.15) is 50.9 Å². The first-order valence-electron chi connectivity index (χ1n) is 8.32. The average Bonchev–Trinajstić information content (AvgIpc) is 2.52. The maximum Gasteiger partial charge on any atom is 0.326 e. The van der Waals surface area contributed by atoms with Crippen LogP contribution in [0, 0.1) is 5.92 Å². The van der Waals surface area contributed by atoms with E-state index in [0.717, 1.165) is 6.42 Å². The minimum absolute atomic E-state index is 0.162. The van der Waals surface area contributed by atoms with Crippen molar-refractivity contribution in [3.8, 4) is 11.5 Å². The molecule has 134 valence electrons. The van der Waals surface area contributed by atoms with Gasteiger partial charge in [0.25, 0.3) is 5.91 Å². The summed E-state index contributed by atoms with van der Waals surface area (Å²) < 4.78 is 11.1. The molecule has 0 aliphatic heterocycles. The Labute approximate surface area is 143 Å². The van der Waals surface area contributed by atoms with Crippen LogP contribution in [-0.4, -0.2) is 36.2 Å². The Morgan fingerprint density at radius 3 is 2.42 bits per heavy atom. The van der Waals surface area contributed by atoms with Crippen LogP contribution in [-0.2, 0) is 4.79 Å². The van der Waals surface area contributed by atoms with Crippen LogP contribution in [0.2, 0.25) is 0 Å². The fraction of sp³-hybridized carbons (Fsp3) is 0.556. The number of carbonyl (C=O) groups excluding carboxylic acids is 1. The van der Waals surface area contributed by atoms with Crippen LogP contribution in [0.3, 0.4) is 0 Å². The Morgan fingerprint density at radius 1 is 1.17 bits per heavy atom. The number of hydrogen-bond donors (Lipinski definition) is 2. The van der Waals surface area contributed by atoms with Crippen molar-refractivity contribution >= 4 is 11.9 Å². The van der Waals surface area contributed by atoms with Gasteiger partial charge >= 0.3 is 5.97 Å². The van der Waals surface area contributed by atoms with Crippen molar-refractivity contribution in [1.82, 2.24) is 5.32 Å². The molecule has 1 aromatic rings. The SMILES string of the molecule is CCCOc1ccc(C(=O)NC(CC(C)C)C(=O)O)cc1OCC. The van der Waals surface area contributed by atoms with E-state index in [9.17, 15) is 14.7 Å². The lowest BCUT2D eigenvalue weighted by Gasteiger charge is -2.17. The summed E-state index contributed by atoms with van der Waals surface area (Å²) in [5, 5.41) is 11.8. The zero-order valence-electron chi connectivity index (χ0n) is 14.8. The molecule has 24 heavy (non-hydrogen) atoms. The standard InChI is InChI=1S/C18H27NO5/c1-5-9-24-15-8-7-13(11-16(15)23-6-2)17(20)19-14(18(21)22)10-12(3)4/h7-8,11-12,14H,5-6,9-10H2,1-4H3,(H,19,20)(H,21,22). The van der Waals surface area contributed by atoms with Gasteiger partial charge in [0.1, 0.15) is 6.04 Å². The summed E-state index contributed by atoms with van der Waals surface area (Å²) in [4.78, 5) is 23.6. The molecule has 0 spiro atoms. The van der Waals surface area contributed by atoms with E-state index in [1.807, 2.05) is 27.7 Å². The minimum Gasteiger partial charge on any atom is -0.490 e. The minimum atomic E-state index is -1.04. The fourth-order valence-corrected chi connectivity index (χ4v) is 2.18. The third kappa shape index (κ3) is 6.10. The van der Waals surface area contributed by atoms with Gasteiger partial charge in [-0.15, -0.1) is 0 Å². The predicted molar refractivity (Wildman–Crippen MR) is 91.7 cm³/mol. The zero-order chi connectivity index (χ0) is 18.1. The molecular formula is C18H27NO5. The first-order valence-corrected chi connectivity index (χ1v) is 8.32. The first kappa shape index (κ1) is 19.8. The highest BCUT2D eigenvalue weighted by Gasteiger charge is 2.22. The van der Waals surface area contributed by atoms with Crippen LogP contribution in [0.25, 0.3) is 0 Å². The highest BCUT2D eigenvalue weighted by molar-refractivity contribution is 5.97. The average molecular weight is 337 g/mol. The molecule has 0 saturated carbocycles. The Hall–Kier alpha value is -2.24. The third-order valence-corrected chi connectivity index (χ3v) is 3.28. The number of carboxylic acids is 1. The lowest BCUT2D eigenvalue weighted by atomic mass is 10.0. The molecule has 0 heterocycles. The van der Waals surface area contributed by atoms with Gasteiger partial charge in [-0.25, -0.2) is 4.79 Å². The largest absolute Gasteiger partial charge is 0.490 e. The Balaban J connectivity index is 2.92. The molecule has 1 aromatic carbocycles. The van der Waals surface area contributed by atoms with Crippen LogP contribution < -0.4 is 14.8 Å². The number of benzene rings is 1. The van der Waals surface area contributed by atoms with Gasteiger partial charge < -0.3 is 19.9 Å². The fourth-order valence-electron chi connectivity index (χ4n) is 2.18. The second-order valence-corrected chi connectivity index (χ2v) is 5.94. The van der Waals surface area contributed by atoms with Crippen LogP contribution in [0.5, 0.6) is 11.5 Å². The Bertz CT molecular complexity index is 556. The van der Waals surface area contributed by atoms with E-state index in [0.29, 0.717) is 36.7 Å². The van der Waals surface area contributed by atoms with Crippen molar-refractivity contribution in [1.29, 1.82) is 0 Å². The van der Waals surface area contributed by atoms with Crippen LogP contribution in [0.4, 0.5) is 0 Å². The monoisotopic (exact) mass is 337 g/mol. The molecule has 0 fully saturated rings. The molecule has 0 aliphatic carbocycles. The van der Waals surface area contributed by atoms with Crippen LogP contribution >= 0.6 is 0 Å². The third-order valence-electron chi connectivity index (χ3n) is 3.28. The Kier molecular flexibility index (Phi) is 8.09. The maximum absolute atomic E-state index is 12.4. The second kappa shape index (κ2) is 9.80. The zero-order valence-corrected chi connectivity index (χ0v) is 14.8. The Morgan fingerprint density at radius 2 is 1.88 bits per heavy atom. The van der Waals surface area contributed by atoms with Gasteiger partial charge in [0.2, 0.25) is 0 Å². The molecule has 1 rings (SSSR count). The number of amides is 1. The summed E-state index contributed by atoms with van der Waals surface area (Å²) >= 11 is 0. The van der Waals surface area contributed by atoms with Crippen molar-refractivity contribution < 1.29 is 24.2 Å². The summed E-state index contributed by atoms with van der Waals surface area (Å²) in [6.07, 6.45) is 1.24. The molecule has 0 bridgehead atoms. The predicted octanol–water partition coefficient (Wildman–Crippen LogP) is 3.10. The van der Waals surface area contributed by atoms with E-state index in [2.05, 4.69) is 5.32 Å². The molecule has 0 saturated heterocycles. The number of aliphatic carboxylic acids is 1. The van der Waals surface area contributed by atoms with E-state index in [1.165, 1.54) is 0 Å². The summed E-state index contributed by atoms with van der Waals surface area (Å²) in [5.41, 5.74) is 0.345. The van der Waals surface area contributed by atoms with Gasteiger partial charge in [-0.2, -0.15) is 0 Å². The van der Waals surface area contributed by atoms with Crippen molar-refractivity contribution in [2.45, 2.75) is 46.6 Å². The smallest absolute Gasteiger partial charge is 0.326 e. The van der Waals surface area contributed by atoms with E-state index < -0.39 is 17.9 Å². The van der Waals surface area contributed by atoms with Gasteiger partial charge in [0, 0.05) is 5.56 Å². The number of rotatable bonds is 10. The summed E-state index contributed by atoms with van der Waals surface area (Å²) in [6, 6.07) is 3.95. The lowest BCUT2D eigenvalue weighted by molar-refractivity contribution is -0.139. The van der Waals surface area contributed by atoms with Crippen molar-refractivity contribution in [3.63, 3.8) is 0 Å². The van der Waals surface area contributed by atoms with E-state index in [4.69, 9.17) is 9.47 Å². The molecule has 2 N–H and O–H groups in total. The highest BCUT2D eigenvalue weighted by Crippen LogP contribution is 2.28. The first-order chi connectivity index (χ1) is 11.4. The van der Waals surface area contributed by atoms with Crippen molar-refractivity contribution in [2.75, 3.05) is 13.2 Å². The highest BCUT2D eigenvalue weighted by atomic mass is 16.5. The molecule has 0 radical (unpaired) electrons. The van der Waals surface area contributed by atoms with Crippen LogP contribution in [0.15, 0.2) is 18.2 Å². The van der Waals surface area contributed by atoms with Gasteiger partial charge in [-0.3, -0.25) is 4.79 Å². The summed E-state index contributed by atoms with van der Waals surface area (Å²) in [7, 11) is 0. The van der Waals surface area contributed by atoms with Gasteiger partial charge in [-0.1, -0.05) is 20.8 Å². The molecule has 1 unspecified atom stereocenters. The van der Waals surface area contributed by atoms with Crippen molar-refractivity contribution in [3.05, 3.63) is 23.8 Å². The molecule has 1 atom stereocenters. The number of hydrogen-bond acceptors (Lipinski definition) is 4. The number of ether oxygens (including phenoxy) is 2. The molecule has 6 heteroatoms. The normalized spacial score (nSPS) is 11.9. The number of carbonyl (C=O) groups is 2. The molecule has 1 amide bonds. The summed E-state index contributed by atoms with van der Waals surface area (Å²) in [6.45, 7) is 8.67. The van der Waals surface area contributed by atoms with Crippen molar-refractivity contribution in [2.24, 2.45) is 5.92 Å². The molecule has 0 aliphatic rings. The summed E-state index contributed by atoms with van der Waals surface area (Å²) in [5.74, 6) is -0.257.